The smallest absolute Gasteiger partial charge is 0.264 e. The van der Waals surface area contributed by atoms with E-state index in [2.05, 4.69) is 19.6 Å². The van der Waals surface area contributed by atoms with Crippen molar-refractivity contribution in [3.8, 4) is 0 Å². The van der Waals surface area contributed by atoms with Crippen molar-refractivity contribution in [2.75, 3.05) is 6.26 Å². The predicted octanol–water partition coefficient (Wildman–Crippen LogP) is 2.54. The second kappa shape index (κ2) is 4.70. The quantitative estimate of drug-likeness (QED) is 0.473. The van der Waals surface area contributed by atoms with E-state index in [1.54, 1.807) is 0 Å². The van der Waals surface area contributed by atoms with Gasteiger partial charge in [-0.1, -0.05) is 11.1 Å². The van der Waals surface area contributed by atoms with E-state index in [4.69, 9.17) is 4.18 Å². The molecule has 1 fully saturated rings. The van der Waals surface area contributed by atoms with Gasteiger partial charge in [0.25, 0.3) is 10.1 Å². The minimum absolute atomic E-state index is 0.129. The van der Waals surface area contributed by atoms with Gasteiger partial charge in [0, 0.05) is 4.75 Å². The fourth-order valence-corrected chi connectivity index (χ4v) is 3.32. The van der Waals surface area contributed by atoms with E-state index in [1.165, 1.54) is 11.1 Å². The molecule has 94 valence electrons. The van der Waals surface area contributed by atoms with Crippen LogP contribution in [0.5, 0.6) is 0 Å². The Morgan fingerprint density at radius 3 is 2.50 bits per heavy atom. The van der Waals surface area contributed by atoms with Crippen LogP contribution in [0.1, 0.15) is 40.0 Å². The van der Waals surface area contributed by atoms with Crippen molar-refractivity contribution in [2.24, 2.45) is 0 Å². The third-order valence-electron chi connectivity index (χ3n) is 2.95. The van der Waals surface area contributed by atoms with Crippen LogP contribution in [0, 0.1) is 0 Å². The summed E-state index contributed by atoms with van der Waals surface area (Å²) >= 11 is 4.64. The zero-order valence-corrected chi connectivity index (χ0v) is 12.0. The summed E-state index contributed by atoms with van der Waals surface area (Å²) in [6.45, 7) is 6.15. The van der Waals surface area contributed by atoms with E-state index < -0.39 is 10.1 Å². The van der Waals surface area contributed by atoms with Crippen LogP contribution < -0.4 is 0 Å². The van der Waals surface area contributed by atoms with Crippen molar-refractivity contribution >= 4 is 22.7 Å². The lowest BCUT2D eigenvalue weighted by Gasteiger charge is -2.37. The van der Waals surface area contributed by atoms with Crippen molar-refractivity contribution in [3.63, 3.8) is 0 Å². The Hall–Kier alpha value is -0.0000000000000000555. The second-order valence-electron chi connectivity index (χ2n) is 4.92. The summed E-state index contributed by atoms with van der Waals surface area (Å²) in [5.41, 5.74) is 2.41. The average Bonchev–Trinajstić information content (AvgIpc) is 2.05. The molecule has 0 aliphatic heterocycles. The Balaban J connectivity index is 2.83. The van der Waals surface area contributed by atoms with Gasteiger partial charge in [-0.05, 0) is 40.0 Å². The summed E-state index contributed by atoms with van der Waals surface area (Å²) in [6, 6.07) is 0. The molecule has 0 spiro atoms. The molecule has 0 heterocycles. The topological polar surface area (TPSA) is 43.4 Å². The molecule has 0 aromatic carbocycles. The van der Waals surface area contributed by atoms with Crippen molar-refractivity contribution in [3.05, 3.63) is 11.1 Å². The number of hydrogen-bond acceptors (Lipinski definition) is 4. The fourth-order valence-electron chi connectivity index (χ4n) is 2.21. The Morgan fingerprint density at radius 1 is 1.50 bits per heavy atom. The van der Waals surface area contributed by atoms with Gasteiger partial charge in [0.05, 0.1) is 12.4 Å². The molecule has 1 aliphatic rings. The minimum atomic E-state index is -3.36. The molecule has 0 N–H and O–H groups in total. The number of rotatable bonds is 2. The molecule has 0 aromatic heterocycles. The highest BCUT2D eigenvalue weighted by Gasteiger charge is 2.34. The first-order valence-electron chi connectivity index (χ1n) is 5.39. The highest BCUT2D eigenvalue weighted by Crippen LogP contribution is 2.40. The van der Waals surface area contributed by atoms with Gasteiger partial charge >= 0.3 is 0 Å². The van der Waals surface area contributed by atoms with Crippen LogP contribution in [0.4, 0.5) is 0 Å². The van der Waals surface area contributed by atoms with E-state index in [-0.39, 0.29) is 10.9 Å². The molecule has 16 heavy (non-hydrogen) atoms. The van der Waals surface area contributed by atoms with Crippen LogP contribution in [0.3, 0.4) is 0 Å². The maximum absolute atomic E-state index is 11.1. The third-order valence-corrected chi connectivity index (χ3v) is 4.06. The van der Waals surface area contributed by atoms with Crippen molar-refractivity contribution < 1.29 is 12.6 Å². The van der Waals surface area contributed by atoms with Gasteiger partial charge in [-0.15, -0.1) is 0 Å². The van der Waals surface area contributed by atoms with Crippen LogP contribution in [-0.4, -0.2) is 25.5 Å². The first-order chi connectivity index (χ1) is 7.12. The van der Waals surface area contributed by atoms with Gasteiger partial charge in [0.2, 0.25) is 0 Å². The Labute approximate surface area is 104 Å². The monoisotopic (exact) mass is 264 g/mol. The van der Waals surface area contributed by atoms with Crippen LogP contribution in [-0.2, 0) is 14.3 Å². The molecular formula is C11H20O3S2. The first kappa shape index (κ1) is 14.1. The van der Waals surface area contributed by atoms with Crippen LogP contribution in [0.2, 0.25) is 0 Å². The molecule has 5 heteroatoms. The second-order valence-corrected chi connectivity index (χ2v) is 7.51. The lowest BCUT2D eigenvalue weighted by molar-refractivity contribution is 0.176. The molecule has 0 bridgehead atoms. The van der Waals surface area contributed by atoms with Crippen molar-refractivity contribution in [1.29, 1.82) is 0 Å². The average molecular weight is 264 g/mol. The maximum atomic E-state index is 11.1. The van der Waals surface area contributed by atoms with Gasteiger partial charge in [-0.3, -0.25) is 4.18 Å². The fraction of sp³-hybridized carbons (Fsp3) is 0.818. The molecule has 3 nitrogen and oxygen atoms in total. The summed E-state index contributed by atoms with van der Waals surface area (Å²) in [6.07, 6.45) is 3.12. The van der Waals surface area contributed by atoms with Gasteiger partial charge in [-0.2, -0.15) is 21.0 Å². The number of hydrogen-bond donors (Lipinski definition) is 1. The van der Waals surface area contributed by atoms with E-state index in [1.807, 2.05) is 13.8 Å². The van der Waals surface area contributed by atoms with Gasteiger partial charge < -0.3 is 0 Å². The molecule has 1 aliphatic carbocycles. The van der Waals surface area contributed by atoms with Crippen LogP contribution in [0.15, 0.2) is 11.1 Å². The predicted molar refractivity (Wildman–Crippen MR) is 69.3 cm³/mol. The molecule has 0 aromatic rings. The molecule has 0 radical (unpaired) electrons. The lowest BCUT2D eigenvalue weighted by atomic mass is 9.81. The molecule has 0 saturated heterocycles. The summed E-state index contributed by atoms with van der Waals surface area (Å²) in [4.78, 5) is 0. The van der Waals surface area contributed by atoms with Crippen LogP contribution in [0.25, 0.3) is 0 Å². The number of allylic oxidation sites excluding steroid dienone is 1. The molecule has 0 unspecified atom stereocenters. The maximum Gasteiger partial charge on any atom is 0.264 e. The summed E-state index contributed by atoms with van der Waals surface area (Å²) in [5.74, 6) is 0. The van der Waals surface area contributed by atoms with Gasteiger partial charge in [0.1, 0.15) is 0 Å². The molecule has 0 amide bonds. The highest BCUT2D eigenvalue weighted by atomic mass is 32.2. The molecule has 2 atom stereocenters. The Kier molecular flexibility index (Phi) is 4.13. The Bertz CT molecular complexity index is 389. The minimum Gasteiger partial charge on any atom is -0.267 e. The zero-order valence-electron chi connectivity index (χ0n) is 10.3. The molecule has 1 saturated carbocycles. The number of thiol groups is 1. The van der Waals surface area contributed by atoms with E-state index >= 15 is 0 Å². The zero-order chi connectivity index (χ0) is 12.6. The van der Waals surface area contributed by atoms with E-state index in [9.17, 15) is 8.42 Å². The SMILES string of the molecule is CC(C)=C1C[C@H](OS(C)(=O)=O)CC[C@]1(C)S. The van der Waals surface area contributed by atoms with Crippen LogP contribution >= 0.6 is 12.6 Å². The summed E-state index contributed by atoms with van der Waals surface area (Å²) in [5, 5.41) is 0. The highest BCUT2D eigenvalue weighted by molar-refractivity contribution is 7.86. The third kappa shape index (κ3) is 3.79. The van der Waals surface area contributed by atoms with Crippen molar-refractivity contribution in [1.82, 2.24) is 0 Å². The normalized spacial score (nSPS) is 31.6. The van der Waals surface area contributed by atoms with Gasteiger partial charge in [0.15, 0.2) is 0 Å². The van der Waals surface area contributed by atoms with Crippen molar-refractivity contribution in [2.45, 2.75) is 50.9 Å². The Morgan fingerprint density at radius 2 is 2.06 bits per heavy atom. The molecule has 1 rings (SSSR count). The standard InChI is InChI=1S/C11H20O3S2/c1-8(2)10-7-9(14-16(4,12)13)5-6-11(10,3)15/h9,15H,5-7H2,1-4H3/t9-,11+/m1/s1. The largest absolute Gasteiger partial charge is 0.267 e. The lowest BCUT2D eigenvalue weighted by Crippen LogP contribution is -2.33. The van der Waals surface area contributed by atoms with E-state index in [0.29, 0.717) is 6.42 Å². The summed E-state index contributed by atoms with van der Waals surface area (Å²) < 4.78 is 27.1. The first-order valence-corrected chi connectivity index (χ1v) is 7.65. The molecular weight excluding hydrogens is 244 g/mol. The van der Waals surface area contributed by atoms with E-state index in [0.717, 1.165) is 19.1 Å². The van der Waals surface area contributed by atoms with Gasteiger partial charge in [-0.25, -0.2) is 0 Å². The summed E-state index contributed by atoms with van der Waals surface area (Å²) in [7, 11) is -3.36.